The van der Waals surface area contributed by atoms with Crippen LogP contribution in [0, 0.1) is 11.3 Å². The van der Waals surface area contributed by atoms with Crippen molar-refractivity contribution in [1.82, 2.24) is 9.97 Å². The minimum absolute atomic E-state index is 0.535. The summed E-state index contributed by atoms with van der Waals surface area (Å²) in [6.45, 7) is 4.41. The predicted molar refractivity (Wildman–Crippen MR) is 103 cm³/mol. The number of hydrogen-bond donors (Lipinski definition) is 0. The van der Waals surface area contributed by atoms with Gasteiger partial charge in [-0.3, -0.25) is 0 Å². The van der Waals surface area contributed by atoms with E-state index in [9.17, 15) is 0 Å². The zero-order valence-electron chi connectivity index (χ0n) is 13.8. The number of benzene rings is 1. The fraction of sp³-hybridized carbons (Fsp3) is 0.316. The Bertz CT molecular complexity index is 860. The van der Waals surface area contributed by atoms with Crippen LogP contribution >= 0.6 is 23.1 Å². The molecule has 2 heterocycles. The Morgan fingerprint density at radius 2 is 2.00 bits per heavy atom. The van der Waals surface area contributed by atoms with Crippen LogP contribution in [0.3, 0.4) is 0 Å². The number of thioether (sulfide) groups is 1. The summed E-state index contributed by atoms with van der Waals surface area (Å²) in [4.78, 5) is 9.93. The molecule has 122 valence electrons. The summed E-state index contributed by atoms with van der Waals surface area (Å²) in [6.07, 6.45) is 3.11. The number of thiophene rings is 1. The molecule has 0 amide bonds. The van der Waals surface area contributed by atoms with Crippen molar-refractivity contribution in [3.8, 4) is 17.2 Å². The molecular formula is C19H19N3S2. The highest BCUT2D eigenvalue weighted by molar-refractivity contribution is 7.99. The molecule has 0 spiro atoms. The maximum absolute atomic E-state index is 8.67. The van der Waals surface area contributed by atoms with Crippen LogP contribution in [0.4, 0.5) is 0 Å². The number of aromatic nitrogens is 2. The lowest BCUT2D eigenvalue weighted by Crippen LogP contribution is -1.89. The molecule has 0 aliphatic rings. The van der Waals surface area contributed by atoms with Crippen molar-refractivity contribution in [2.75, 3.05) is 5.75 Å². The van der Waals surface area contributed by atoms with Crippen LogP contribution in [0.1, 0.15) is 38.2 Å². The standard InChI is InChI=1S/C19H19N3S2/c1-13(2)14-5-7-15(8-6-14)16-11-24-19-17(16)18(21-12-22-19)23-10-4-3-9-20/h5-8,11-13H,3-4,10H2,1-2H3. The number of unbranched alkanes of at least 4 members (excludes halogenated alkanes) is 1. The number of nitrogens with zero attached hydrogens (tertiary/aromatic N) is 3. The van der Waals surface area contributed by atoms with Gasteiger partial charge in [-0.05, 0) is 23.5 Å². The Hall–Kier alpha value is -1.90. The largest absolute Gasteiger partial charge is 0.229 e. The molecule has 24 heavy (non-hydrogen) atoms. The summed E-state index contributed by atoms with van der Waals surface area (Å²) in [6, 6.07) is 11.0. The second kappa shape index (κ2) is 7.78. The Morgan fingerprint density at radius 3 is 2.71 bits per heavy atom. The lowest BCUT2D eigenvalue weighted by atomic mass is 9.99. The van der Waals surface area contributed by atoms with Crippen molar-refractivity contribution in [2.45, 2.75) is 37.6 Å². The predicted octanol–water partition coefficient (Wildman–Crippen LogP) is 5.88. The maximum Gasteiger partial charge on any atom is 0.128 e. The zero-order valence-corrected chi connectivity index (χ0v) is 15.5. The van der Waals surface area contributed by atoms with Gasteiger partial charge in [-0.15, -0.1) is 23.1 Å². The number of nitriles is 1. The van der Waals surface area contributed by atoms with Crippen LogP contribution in [0.2, 0.25) is 0 Å². The van der Waals surface area contributed by atoms with E-state index in [0.29, 0.717) is 12.3 Å². The van der Waals surface area contributed by atoms with E-state index in [1.54, 1.807) is 29.4 Å². The van der Waals surface area contributed by atoms with Crippen molar-refractivity contribution in [3.05, 3.63) is 41.5 Å². The molecule has 0 aliphatic carbocycles. The van der Waals surface area contributed by atoms with Crippen LogP contribution < -0.4 is 0 Å². The molecule has 2 aromatic heterocycles. The van der Waals surface area contributed by atoms with Gasteiger partial charge in [0.1, 0.15) is 16.2 Å². The van der Waals surface area contributed by atoms with Gasteiger partial charge in [-0.25, -0.2) is 9.97 Å². The molecule has 0 radical (unpaired) electrons. The fourth-order valence-electron chi connectivity index (χ4n) is 2.54. The van der Waals surface area contributed by atoms with E-state index in [2.05, 4.69) is 59.5 Å². The molecule has 3 rings (SSSR count). The summed E-state index contributed by atoms with van der Waals surface area (Å²) in [7, 11) is 0. The average molecular weight is 354 g/mol. The monoisotopic (exact) mass is 353 g/mol. The zero-order chi connectivity index (χ0) is 16.9. The van der Waals surface area contributed by atoms with Crippen LogP contribution in [-0.2, 0) is 0 Å². The molecule has 3 aromatic rings. The lowest BCUT2D eigenvalue weighted by molar-refractivity contribution is 0.867. The van der Waals surface area contributed by atoms with Crippen molar-refractivity contribution >= 4 is 33.3 Å². The second-order valence-electron chi connectivity index (χ2n) is 5.90. The topological polar surface area (TPSA) is 49.6 Å². The van der Waals surface area contributed by atoms with Crippen molar-refractivity contribution in [3.63, 3.8) is 0 Å². The summed E-state index contributed by atoms with van der Waals surface area (Å²) in [5, 5.41) is 13.0. The third kappa shape index (κ3) is 3.61. The third-order valence-corrected chi connectivity index (χ3v) is 5.86. The fourth-order valence-corrected chi connectivity index (χ4v) is 4.47. The van der Waals surface area contributed by atoms with Gasteiger partial charge >= 0.3 is 0 Å². The lowest BCUT2D eigenvalue weighted by Gasteiger charge is -2.08. The normalized spacial score (nSPS) is 11.1. The van der Waals surface area contributed by atoms with Gasteiger partial charge in [-0.2, -0.15) is 5.26 Å². The molecule has 0 aliphatic heterocycles. The molecule has 0 fully saturated rings. The van der Waals surface area contributed by atoms with E-state index in [1.165, 1.54) is 16.7 Å². The Kier molecular flexibility index (Phi) is 5.49. The SMILES string of the molecule is CC(C)c1ccc(-c2csc3ncnc(SCCCC#N)c23)cc1. The summed E-state index contributed by atoms with van der Waals surface area (Å²) in [5.74, 6) is 1.44. The first-order valence-corrected chi connectivity index (χ1v) is 9.89. The molecule has 3 nitrogen and oxygen atoms in total. The van der Waals surface area contributed by atoms with Gasteiger partial charge in [-0.1, -0.05) is 38.1 Å². The van der Waals surface area contributed by atoms with Crippen LogP contribution in [0.5, 0.6) is 0 Å². The van der Waals surface area contributed by atoms with Crippen molar-refractivity contribution in [2.24, 2.45) is 0 Å². The molecular weight excluding hydrogens is 334 g/mol. The Balaban J connectivity index is 1.95. The Morgan fingerprint density at radius 1 is 1.21 bits per heavy atom. The summed E-state index contributed by atoms with van der Waals surface area (Å²) < 4.78 is 0. The number of hydrogen-bond acceptors (Lipinski definition) is 5. The van der Waals surface area contributed by atoms with Crippen LogP contribution in [0.25, 0.3) is 21.3 Å². The average Bonchev–Trinajstić information content (AvgIpc) is 3.03. The molecule has 0 atom stereocenters. The molecule has 0 saturated carbocycles. The van der Waals surface area contributed by atoms with Crippen LogP contribution in [-0.4, -0.2) is 15.7 Å². The van der Waals surface area contributed by atoms with E-state index in [-0.39, 0.29) is 0 Å². The highest BCUT2D eigenvalue weighted by Gasteiger charge is 2.13. The molecule has 0 bridgehead atoms. The number of fused-ring (bicyclic) bond motifs is 1. The van der Waals surface area contributed by atoms with E-state index in [4.69, 9.17) is 5.26 Å². The van der Waals surface area contributed by atoms with Gasteiger partial charge < -0.3 is 0 Å². The van der Waals surface area contributed by atoms with E-state index >= 15 is 0 Å². The van der Waals surface area contributed by atoms with Crippen LogP contribution in [0.15, 0.2) is 41.0 Å². The van der Waals surface area contributed by atoms with E-state index < -0.39 is 0 Å². The Labute approximate surface area is 150 Å². The molecule has 1 aromatic carbocycles. The molecule has 0 N–H and O–H groups in total. The minimum Gasteiger partial charge on any atom is -0.229 e. The van der Waals surface area contributed by atoms with Gasteiger partial charge in [0.15, 0.2) is 0 Å². The number of rotatable bonds is 6. The highest BCUT2D eigenvalue weighted by Crippen LogP contribution is 2.38. The smallest absolute Gasteiger partial charge is 0.128 e. The van der Waals surface area contributed by atoms with Crippen molar-refractivity contribution in [1.29, 1.82) is 5.26 Å². The quantitative estimate of drug-likeness (QED) is 0.315. The third-order valence-electron chi connectivity index (χ3n) is 3.90. The first-order chi connectivity index (χ1) is 11.7. The first-order valence-electron chi connectivity index (χ1n) is 8.03. The molecule has 0 saturated heterocycles. The molecule has 0 unspecified atom stereocenters. The summed E-state index contributed by atoms with van der Waals surface area (Å²) >= 11 is 3.38. The van der Waals surface area contributed by atoms with E-state index in [1.807, 2.05) is 0 Å². The second-order valence-corrected chi connectivity index (χ2v) is 7.84. The van der Waals surface area contributed by atoms with Gasteiger partial charge in [0.2, 0.25) is 0 Å². The van der Waals surface area contributed by atoms with Crippen molar-refractivity contribution < 1.29 is 0 Å². The van der Waals surface area contributed by atoms with Gasteiger partial charge in [0.25, 0.3) is 0 Å². The maximum atomic E-state index is 8.67. The van der Waals surface area contributed by atoms with E-state index in [0.717, 1.165) is 27.4 Å². The highest BCUT2D eigenvalue weighted by atomic mass is 32.2. The minimum atomic E-state index is 0.535. The molecule has 5 heteroatoms. The van der Waals surface area contributed by atoms with Gasteiger partial charge in [0, 0.05) is 23.1 Å². The van der Waals surface area contributed by atoms with Gasteiger partial charge in [0.05, 0.1) is 11.5 Å². The summed E-state index contributed by atoms with van der Waals surface area (Å²) in [5.41, 5.74) is 3.76. The first kappa shape index (κ1) is 16.9.